The zero-order chi connectivity index (χ0) is 3.58. The third-order valence-corrected chi connectivity index (χ3v) is 0. The second-order valence-electron chi connectivity index (χ2n) is 1.01. The van der Waals surface area contributed by atoms with Crippen LogP contribution in [0.3, 0.4) is 0 Å². The van der Waals surface area contributed by atoms with E-state index in [2.05, 4.69) is 0 Å². The Balaban J connectivity index is 2.32. The molecule has 12 valence electrons. The van der Waals surface area contributed by atoms with Gasteiger partial charge in [0.15, 0.2) is 0 Å². The van der Waals surface area contributed by atoms with Gasteiger partial charge in [0.2, 0.25) is 0 Å². The van der Waals surface area contributed by atoms with Gasteiger partial charge in [0.05, 0.1) is 0 Å². The van der Waals surface area contributed by atoms with Gasteiger partial charge in [-0.1, -0.05) is 0 Å². The molecule has 0 rings (SSSR count). The first-order valence-electron chi connectivity index (χ1n) is 1.37. The number of hydrogen-bond acceptors (Lipinski definition) is 0. The van der Waals surface area contributed by atoms with Crippen LogP contribution >= 0.6 is 0 Å². The zero-order valence-corrected chi connectivity index (χ0v) is 2.96. The summed E-state index contributed by atoms with van der Waals surface area (Å²) >= 11 is 3.00. The molecule has 0 amide bonds. The van der Waals surface area contributed by atoms with Gasteiger partial charge in [0.25, 0.3) is 0 Å². The van der Waals surface area contributed by atoms with Crippen molar-refractivity contribution in [2.24, 2.45) is 0 Å². The molecule has 0 N–H and O–H groups in total. The van der Waals surface area contributed by atoms with Crippen LogP contribution in [0.25, 0.3) is 0 Å². The molecule has 0 atom stereocenters. The molecular weight excluding hydrogens is 43.7 g/mol. The average Bonchev–Trinajstić information content (AvgIpc) is 0.811. The number of rotatable bonds is 0. The van der Waals surface area contributed by atoms with Crippen molar-refractivity contribution in [1.82, 2.24) is 0 Å². The van der Waals surface area contributed by atoms with Crippen LogP contribution in [0.4, 0.5) is 4.32 Å². The summed E-state index contributed by atoms with van der Waals surface area (Å²) in [6.07, 6.45) is 0. The molecule has 0 saturated carbocycles. The molecule has 0 bridgehead atoms. The van der Waals surface area contributed by atoms with E-state index < -0.39 is 4.13 Å². The fourth-order valence-corrected chi connectivity index (χ4v) is 0. The van der Waals surface area contributed by atoms with E-state index in [1.54, 1.807) is 0 Å². The van der Waals surface area contributed by atoms with Gasteiger partial charge in [-0.05, 0) is 0 Å². The first kappa shape index (κ1) is 5.19. The first-order chi connectivity index (χ1) is 1.73. The fourth-order valence-electron chi connectivity index (χ4n) is 0. The summed E-state index contributed by atoms with van der Waals surface area (Å²) in [4.78, 5) is 0. The van der Waals surface area contributed by atoms with Crippen molar-refractivity contribution in [3.05, 3.63) is 0 Å². The molecule has 4 heavy (non-hydrogen) atoms. The molecule has 0 radical (unpaired) electrons. The Hall–Kier alpha value is 1.19. The molecule has 0 saturated heterocycles. The molecule has 0 aliphatic rings. The van der Waals surface area contributed by atoms with Crippen molar-refractivity contribution in [3.63, 3.8) is 0 Å². The van der Waals surface area contributed by atoms with Crippen LogP contribution in [-0.4, -0.2) is 39.2 Å². The SMILES string of the molecule is [Li][B]([Li])F. The average molecular weight is 43.7 g/mol. The molecule has 4 heteroatoms. The van der Waals surface area contributed by atoms with Crippen molar-refractivity contribution in [3.8, 4) is 0 Å². The van der Waals surface area contributed by atoms with Crippen LogP contribution in [-0.2, 0) is 0 Å². The maximum absolute atomic E-state index is 11.0. The molecule has 0 aromatic carbocycles. The van der Waals surface area contributed by atoms with E-state index in [0.717, 1.165) is 0 Å². The van der Waals surface area contributed by atoms with Gasteiger partial charge in [0, 0.05) is 0 Å². The molecule has 0 aliphatic carbocycles. The molecule has 0 unspecified atom stereocenters. The summed E-state index contributed by atoms with van der Waals surface area (Å²) in [5.41, 5.74) is 0. The zero-order valence-electron chi connectivity index (χ0n) is 2.96. The number of halogens is 1. The Labute approximate surface area is 43.7 Å². The molecule has 0 fully saturated rings. The molecule has 0 heterocycles. The van der Waals surface area contributed by atoms with Crippen molar-refractivity contribution in [1.29, 1.82) is 0 Å². The molecule has 0 aromatic heterocycles. The Morgan fingerprint density at radius 3 is 1.50 bits per heavy atom. The maximum atomic E-state index is 11.0. The Bertz CT molecular complexity index is 10.8. The summed E-state index contributed by atoms with van der Waals surface area (Å²) < 4.78 is 10.3. The minimum absolute atomic E-state index is 0.667. The second-order valence-corrected chi connectivity index (χ2v) is 1.01. The Morgan fingerprint density at radius 2 is 1.50 bits per heavy atom. The summed E-state index contributed by atoms with van der Waals surface area (Å²) in [6, 6.07) is 0. The quantitative estimate of drug-likeness (QED) is 0.314. The van der Waals surface area contributed by atoms with Gasteiger partial charge >= 0.3 is 43.5 Å². The van der Waals surface area contributed by atoms with Crippen LogP contribution in [0.1, 0.15) is 0 Å². The standard InChI is InChI=1S/BF.2Li/c1-2;;. The molecule has 0 nitrogen and oxygen atoms in total. The monoisotopic (exact) mass is 44.0 g/mol. The topological polar surface area (TPSA) is 0 Å². The third-order valence-electron chi connectivity index (χ3n) is 0. The van der Waals surface area contributed by atoms with E-state index in [1.165, 1.54) is 35.1 Å². The normalized spacial score (nSPS) is 7.25. The van der Waals surface area contributed by atoms with Gasteiger partial charge in [-0.3, -0.25) is 0 Å². The van der Waals surface area contributed by atoms with E-state index in [1.807, 2.05) is 0 Å². The third kappa shape index (κ3) is 10.8. The van der Waals surface area contributed by atoms with Crippen molar-refractivity contribution >= 4 is 39.2 Å². The van der Waals surface area contributed by atoms with E-state index in [4.69, 9.17) is 0 Å². The first-order valence-corrected chi connectivity index (χ1v) is 1.37. The van der Waals surface area contributed by atoms with E-state index >= 15 is 0 Å². The van der Waals surface area contributed by atoms with Crippen LogP contribution < -0.4 is 0 Å². The van der Waals surface area contributed by atoms with Gasteiger partial charge < -0.3 is 0 Å². The van der Waals surface area contributed by atoms with Crippen molar-refractivity contribution in [2.75, 3.05) is 0 Å². The predicted octanol–water partition coefficient (Wildman–Crippen LogP) is -0.722. The summed E-state index contributed by atoms with van der Waals surface area (Å²) in [6.45, 7) is 0. The summed E-state index contributed by atoms with van der Waals surface area (Å²) in [5, 5.41) is 0. The van der Waals surface area contributed by atoms with Crippen molar-refractivity contribution < 1.29 is 4.32 Å². The van der Waals surface area contributed by atoms with Crippen LogP contribution in [0.2, 0.25) is 0 Å². The van der Waals surface area contributed by atoms with Crippen LogP contribution in [0, 0.1) is 0 Å². The van der Waals surface area contributed by atoms with Crippen molar-refractivity contribution in [2.45, 2.75) is 0 Å². The van der Waals surface area contributed by atoms with E-state index in [-0.39, 0.29) is 0 Å². The van der Waals surface area contributed by atoms with Crippen LogP contribution in [0.15, 0.2) is 0 Å². The Kier molecular flexibility index (Phi) is 3.15. The van der Waals surface area contributed by atoms with Gasteiger partial charge in [-0.25, -0.2) is 0 Å². The molecular formula is BFLi2. The van der Waals surface area contributed by atoms with Gasteiger partial charge in [0.1, 0.15) is 0 Å². The summed E-state index contributed by atoms with van der Waals surface area (Å²) in [5.74, 6) is 0. The van der Waals surface area contributed by atoms with Gasteiger partial charge in [-0.2, -0.15) is 0 Å². The summed E-state index contributed by atoms with van der Waals surface area (Å²) in [7, 11) is 0. The molecule has 0 spiro atoms. The van der Waals surface area contributed by atoms with E-state index in [9.17, 15) is 4.32 Å². The number of hydrogen-bond donors (Lipinski definition) is 0. The predicted molar refractivity (Wildman–Crippen MR) is 18.4 cm³/mol. The van der Waals surface area contributed by atoms with Crippen LogP contribution in [0.5, 0.6) is 0 Å². The Morgan fingerprint density at radius 1 is 1.50 bits per heavy atom. The van der Waals surface area contributed by atoms with Gasteiger partial charge in [-0.15, -0.1) is 0 Å². The second kappa shape index (κ2) is 2.43. The molecule has 0 aliphatic heterocycles. The minimum atomic E-state index is -0.667. The van der Waals surface area contributed by atoms with E-state index in [0.29, 0.717) is 0 Å². The fraction of sp³-hybridized carbons (Fsp3) is 0. The molecule has 0 aromatic rings.